The van der Waals surface area contributed by atoms with Gasteiger partial charge in [-0.2, -0.15) is 0 Å². The number of halogens is 3. The predicted octanol–water partition coefficient (Wildman–Crippen LogP) is 6.05. The highest BCUT2D eigenvalue weighted by Gasteiger charge is 2.10. The molecule has 2 aromatic carbocycles. The Balaban J connectivity index is 0.000000316. The van der Waals surface area contributed by atoms with Crippen molar-refractivity contribution >= 4 is 51.7 Å². The standard InChI is InChI=1S/C11H11ClN2O3.C10H13ClN2O2.C4H8O.CH3I/c1-6(2)16-9-4-3-7(5-8(9)12)10-13-14-11(15)17-10;1-6(2)15-9-4-3-7(5-8(9)11)10(14)13-12;1-2-4-5-3-1;1-2/h3-6H,1-2H3,(H,14,15);3-6H,12H2,1-2H3,(H,13,14);1-4H2;1H3/i;;;1D. The van der Waals surface area contributed by atoms with E-state index in [2.05, 4.69) is 10.2 Å². The Morgan fingerprint density at radius 1 is 1.08 bits per heavy atom. The van der Waals surface area contributed by atoms with E-state index >= 15 is 0 Å². The van der Waals surface area contributed by atoms with Crippen molar-refractivity contribution in [3.05, 3.63) is 62.6 Å². The molecule has 0 unspecified atom stereocenters. The molecule has 0 bridgehead atoms. The number of carbonyl (C=O) groups excluding carboxylic acids is 1. The topological polar surface area (TPSA) is 142 Å². The molecule has 1 aliphatic heterocycles. The normalized spacial score (nSPS) is 12.2. The zero-order valence-corrected chi connectivity index (χ0v) is 25.9. The summed E-state index contributed by atoms with van der Waals surface area (Å²) in [6, 6.07) is 9.84. The van der Waals surface area contributed by atoms with Gasteiger partial charge in [-0.25, -0.2) is 15.7 Å². The van der Waals surface area contributed by atoms with Gasteiger partial charge in [0.15, 0.2) is 0 Å². The van der Waals surface area contributed by atoms with Crippen LogP contribution in [-0.2, 0) is 4.74 Å². The summed E-state index contributed by atoms with van der Waals surface area (Å²) in [5.41, 5.74) is 3.05. The number of aromatic nitrogens is 2. The van der Waals surface area contributed by atoms with Gasteiger partial charge in [-0.3, -0.25) is 10.2 Å². The lowest BCUT2D eigenvalue weighted by atomic mass is 10.2. The highest BCUT2D eigenvalue weighted by molar-refractivity contribution is 14.1. The van der Waals surface area contributed by atoms with Crippen LogP contribution in [0.5, 0.6) is 11.5 Å². The largest absolute Gasteiger partial charge is 0.489 e. The molecule has 39 heavy (non-hydrogen) atoms. The van der Waals surface area contributed by atoms with Crippen molar-refractivity contribution in [2.45, 2.75) is 52.7 Å². The predicted molar refractivity (Wildman–Crippen MR) is 162 cm³/mol. The van der Waals surface area contributed by atoms with Crippen molar-refractivity contribution in [1.82, 2.24) is 15.6 Å². The summed E-state index contributed by atoms with van der Waals surface area (Å²) in [5.74, 6) is 5.36. The van der Waals surface area contributed by atoms with Crippen LogP contribution in [0.3, 0.4) is 0 Å². The van der Waals surface area contributed by atoms with Gasteiger partial charge in [0, 0.05) is 25.7 Å². The first kappa shape index (κ1) is 32.9. The van der Waals surface area contributed by atoms with E-state index in [1.165, 1.54) is 18.9 Å². The number of nitrogens with one attached hydrogen (secondary N) is 2. The quantitative estimate of drug-likeness (QED) is 0.0930. The SMILES string of the molecule is C1CCOC1.CC(C)Oc1ccc(-c2n[nH]c(=O)o2)cc1Cl.CC(C)Oc1ccc(C(=O)NN)cc1Cl.[2H]CI. The number of hydrogen-bond donors (Lipinski definition) is 3. The van der Waals surface area contributed by atoms with E-state index in [4.69, 9.17) is 49.0 Å². The lowest BCUT2D eigenvalue weighted by Crippen LogP contribution is -2.29. The number of ether oxygens (including phenoxy) is 3. The first-order chi connectivity index (χ1) is 19.0. The summed E-state index contributed by atoms with van der Waals surface area (Å²) in [4.78, 5) is 22.5. The number of nitrogen functional groups attached to an aromatic ring is 1. The number of hydrazine groups is 1. The number of benzene rings is 2. The third-order valence-electron chi connectivity index (χ3n) is 4.49. The summed E-state index contributed by atoms with van der Waals surface area (Å²) in [7, 11) is 0. The molecule has 0 spiro atoms. The molecule has 1 saturated heterocycles. The van der Waals surface area contributed by atoms with Gasteiger partial charge in [-0.05, 0) is 81.8 Å². The van der Waals surface area contributed by atoms with Gasteiger partial charge < -0.3 is 18.6 Å². The number of nitrogens with zero attached hydrogens (tertiary/aromatic N) is 1. The van der Waals surface area contributed by atoms with Crippen LogP contribution in [0.4, 0.5) is 0 Å². The van der Waals surface area contributed by atoms with Gasteiger partial charge >= 0.3 is 5.76 Å². The van der Waals surface area contributed by atoms with Gasteiger partial charge in [0.1, 0.15) is 11.5 Å². The van der Waals surface area contributed by atoms with Crippen molar-refractivity contribution in [3.63, 3.8) is 0 Å². The Morgan fingerprint density at radius 3 is 2.00 bits per heavy atom. The number of aromatic amines is 1. The lowest BCUT2D eigenvalue weighted by Gasteiger charge is -2.11. The van der Waals surface area contributed by atoms with E-state index in [0.29, 0.717) is 37.6 Å². The Labute approximate surface area is 253 Å². The molecule has 0 atom stereocenters. The van der Waals surface area contributed by atoms with Crippen LogP contribution < -0.4 is 26.5 Å². The van der Waals surface area contributed by atoms with Crippen LogP contribution in [0, 0.1) is 0 Å². The van der Waals surface area contributed by atoms with Crippen LogP contribution in [-0.4, -0.2) is 46.4 Å². The highest BCUT2D eigenvalue weighted by atomic mass is 127. The molecule has 4 rings (SSSR count). The van der Waals surface area contributed by atoms with Crippen LogP contribution >= 0.6 is 45.8 Å². The number of hydrogen-bond acceptors (Lipinski definition) is 8. The summed E-state index contributed by atoms with van der Waals surface area (Å²) in [6.07, 6.45) is 2.64. The number of H-pyrrole nitrogens is 1. The number of rotatable bonds is 6. The van der Waals surface area contributed by atoms with Crippen molar-refractivity contribution < 1.29 is 24.8 Å². The fraction of sp³-hybridized carbons (Fsp3) is 0.423. The van der Waals surface area contributed by atoms with Gasteiger partial charge in [-0.15, -0.1) is 5.10 Å². The first-order valence-electron chi connectivity index (χ1n) is 12.6. The molecule has 1 fully saturated rings. The molecule has 10 nitrogen and oxygen atoms in total. The minimum absolute atomic E-state index is 0.0386. The number of nitrogens with two attached hydrogens (primary N) is 1. The second-order valence-electron chi connectivity index (χ2n) is 8.33. The molecule has 13 heteroatoms. The molecule has 4 N–H and O–H groups in total. The van der Waals surface area contributed by atoms with Crippen molar-refractivity contribution in [1.29, 1.82) is 0 Å². The third-order valence-corrected chi connectivity index (χ3v) is 5.09. The second-order valence-corrected chi connectivity index (χ2v) is 9.15. The first-order valence-corrected chi connectivity index (χ1v) is 14.2. The fourth-order valence-electron chi connectivity index (χ4n) is 2.92. The highest BCUT2D eigenvalue weighted by Crippen LogP contribution is 2.30. The fourth-order valence-corrected chi connectivity index (χ4v) is 3.37. The smallest absolute Gasteiger partial charge is 0.434 e. The van der Waals surface area contributed by atoms with E-state index in [9.17, 15) is 9.59 Å². The molecule has 216 valence electrons. The Kier molecular flexibility index (Phi) is 15.9. The van der Waals surface area contributed by atoms with Crippen molar-refractivity contribution in [2.24, 2.45) is 5.84 Å². The minimum atomic E-state index is -0.598. The maximum Gasteiger partial charge on any atom is 0.434 e. The molecule has 1 aliphatic rings. The van der Waals surface area contributed by atoms with Crippen LogP contribution in [0.25, 0.3) is 11.5 Å². The van der Waals surface area contributed by atoms with Crippen molar-refractivity contribution in [2.75, 3.05) is 18.1 Å². The number of carbonyl (C=O) groups is 1. The van der Waals surface area contributed by atoms with E-state index < -0.39 is 5.76 Å². The van der Waals surface area contributed by atoms with Crippen LogP contribution in [0.2, 0.25) is 10.0 Å². The maximum absolute atomic E-state index is 11.2. The Morgan fingerprint density at radius 2 is 1.62 bits per heavy atom. The van der Waals surface area contributed by atoms with Crippen LogP contribution in [0.1, 0.15) is 52.3 Å². The molecule has 1 amide bonds. The number of amides is 1. The summed E-state index contributed by atoms with van der Waals surface area (Å²) >= 11 is 13.9. The van der Waals surface area contributed by atoms with Gasteiger partial charge in [0.05, 0.1) is 22.3 Å². The van der Waals surface area contributed by atoms with E-state index in [1.807, 2.05) is 55.7 Å². The zero-order chi connectivity index (χ0) is 30.1. The average molecular weight is 698 g/mol. The average Bonchev–Trinajstić information content (AvgIpc) is 3.62. The Bertz CT molecular complexity index is 1210. The molecule has 3 aromatic rings. The minimum Gasteiger partial charge on any atom is -0.489 e. The van der Waals surface area contributed by atoms with E-state index in [0.717, 1.165) is 13.2 Å². The maximum atomic E-state index is 11.2. The van der Waals surface area contributed by atoms with Gasteiger partial charge in [0.25, 0.3) is 5.91 Å². The number of alkyl halides is 1. The van der Waals surface area contributed by atoms with Gasteiger partial charge in [-0.1, -0.05) is 45.8 Å². The Hall–Kier alpha value is -2.32. The zero-order valence-electron chi connectivity index (χ0n) is 23.3. The molecule has 0 radical (unpaired) electrons. The third kappa shape index (κ3) is 13.1. The second kappa shape index (κ2) is 18.9. The summed E-state index contributed by atoms with van der Waals surface area (Å²) in [5, 5.41) is 6.74. The summed E-state index contributed by atoms with van der Waals surface area (Å²) < 4.78 is 26.9. The summed E-state index contributed by atoms with van der Waals surface area (Å²) in [6.45, 7) is 9.63. The molecule has 0 aliphatic carbocycles. The van der Waals surface area contributed by atoms with Crippen LogP contribution in [0.15, 0.2) is 45.6 Å². The molecule has 0 saturated carbocycles. The molecule has 2 heterocycles. The van der Waals surface area contributed by atoms with E-state index in [-0.39, 0.29) is 24.0 Å². The van der Waals surface area contributed by atoms with E-state index in [1.54, 1.807) is 30.3 Å². The molecule has 1 aromatic heterocycles. The molecular weight excluding hydrogens is 662 g/mol. The monoisotopic (exact) mass is 697 g/mol. The van der Waals surface area contributed by atoms with Gasteiger partial charge in [0.2, 0.25) is 5.89 Å². The van der Waals surface area contributed by atoms with Crippen molar-refractivity contribution in [3.8, 4) is 23.0 Å². The molecular formula is C26H35Cl2IN4O6. The lowest BCUT2D eigenvalue weighted by molar-refractivity contribution is 0.0953.